The molecule has 0 spiro atoms. The maximum Gasteiger partial charge on any atom is 0.136 e. The second kappa shape index (κ2) is 7.31. The maximum absolute atomic E-state index is 4.77. The molecule has 1 aliphatic heterocycles. The van der Waals surface area contributed by atoms with Crippen LogP contribution in [-0.2, 0) is 0 Å². The largest absolute Gasteiger partial charge is 0.303 e. The number of hydrogen-bond acceptors (Lipinski definition) is 2. The fourth-order valence-electron chi connectivity index (χ4n) is 3.75. The number of unbranched alkanes of at least 4 members (excludes halogenated alkanes) is 1. The number of aromatic nitrogens is 2. The quantitative estimate of drug-likeness (QED) is 0.789. The van der Waals surface area contributed by atoms with Gasteiger partial charge in [0.25, 0.3) is 0 Å². The Morgan fingerprint density at radius 1 is 1.09 bits per heavy atom. The van der Waals surface area contributed by atoms with Crippen LogP contribution in [-0.4, -0.2) is 27.5 Å². The van der Waals surface area contributed by atoms with Crippen molar-refractivity contribution in [3.63, 3.8) is 0 Å². The lowest BCUT2D eigenvalue weighted by atomic mass is 9.96. The zero-order valence-electron chi connectivity index (χ0n) is 14.8. The predicted molar refractivity (Wildman–Crippen MR) is 96.1 cm³/mol. The third-order valence-corrected chi connectivity index (χ3v) is 5.07. The number of likely N-dealkylation sites (tertiary alicyclic amines) is 1. The Kier molecular flexibility index (Phi) is 5.16. The molecule has 3 rings (SSSR count). The van der Waals surface area contributed by atoms with E-state index in [1.807, 2.05) is 0 Å². The van der Waals surface area contributed by atoms with Crippen LogP contribution in [0.4, 0.5) is 0 Å². The zero-order valence-corrected chi connectivity index (χ0v) is 14.8. The normalized spacial score (nSPS) is 19.2. The van der Waals surface area contributed by atoms with Crippen LogP contribution in [0.2, 0.25) is 0 Å². The fraction of sp³-hybridized carbons (Fsp3) is 0.550. The van der Waals surface area contributed by atoms with Gasteiger partial charge in [-0.05, 0) is 70.0 Å². The van der Waals surface area contributed by atoms with Crippen LogP contribution < -0.4 is 0 Å². The van der Waals surface area contributed by atoms with Gasteiger partial charge in [-0.25, -0.2) is 4.98 Å². The first-order chi connectivity index (χ1) is 11.2. The van der Waals surface area contributed by atoms with Gasteiger partial charge in [-0.1, -0.05) is 25.8 Å². The Hall–Kier alpha value is -1.61. The fourth-order valence-corrected chi connectivity index (χ4v) is 3.75. The molecule has 0 aromatic carbocycles. The van der Waals surface area contributed by atoms with Crippen molar-refractivity contribution in [2.45, 2.75) is 58.9 Å². The number of pyridine rings is 1. The smallest absolute Gasteiger partial charge is 0.136 e. The van der Waals surface area contributed by atoms with Crippen LogP contribution in [0.25, 0.3) is 5.82 Å². The van der Waals surface area contributed by atoms with Crippen LogP contribution >= 0.6 is 0 Å². The van der Waals surface area contributed by atoms with Gasteiger partial charge in [-0.15, -0.1) is 0 Å². The summed E-state index contributed by atoms with van der Waals surface area (Å²) < 4.78 is 2.22. The molecule has 3 heteroatoms. The highest BCUT2D eigenvalue weighted by atomic mass is 15.2. The van der Waals surface area contributed by atoms with Crippen molar-refractivity contribution in [1.82, 2.24) is 14.5 Å². The molecule has 0 radical (unpaired) electrons. The number of aryl methyl sites for hydroxylation is 2. The van der Waals surface area contributed by atoms with E-state index in [-0.39, 0.29) is 0 Å². The van der Waals surface area contributed by atoms with E-state index < -0.39 is 0 Å². The molecule has 0 aliphatic carbocycles. The third-order valence-electron chi connectivity index (χ3n) is 5.07. The summed E-state index contributed by atoms with van der Waals surface area (Å²) in [6, 6.07) is 9.33. The van der Waals surface area contributed by atoms with Crippen molar-refractivity contribution in [1.29, 1.82) is 0 Å². The Bertz CT molecular complexity index is 607. The first-order valence-corrected chi connectivity index (χ1v) is 9.06. The third kappa shape index (κ3) is 3.50. The molecule has 23 heavy (non-hydrogen) atoms. The molecule has 124 valence electrons. The van der Waals surface area contributed by atoms with E-state index in [0.29, 0.717) is 6.04 Å². The summed E-state index contributed by atoms with van der Waals surface area (Å²) >= 11 is 0. The number of nitrogens with zero attached hydrogens (tertiary/aromatic N) is 3. The number of rotatable bonds is 5. The summed E-state index contributed by atoms with van der Waals surface area (Å²) in [6.07, 6.45) is 8.62. The van der Waals surface area contributed by atoms with Gasteiger partial charge < -0.3 is 4.57 Å². The van der Waals surface area contributed by atoms with E-state index in [9.17, 15) is 0 Å². The molecule has 0 N–H and O–H groups in total. The molecule has 0 amide bonds. The Morgan fingerprint density at radius 2 is 1.87 bits per heavy atom. The SMILES string of the molecule is CCCCN1CCCCC1c1ccc(-n2c(C)ccc2C)nc1. The molecule has 1 saturated heterocycles. The van der Waals surface area contributed by atoms with Gasteiger partial charge in [0.2, 0.25) is 0 Å². The highest BCUT2D eigenvalue weighted by Gasteiger charge is 2.23. The van der Waals surface area contributed by atoms with Crippen molar-refractivity contribution in [2.75, 3.05) is 13.1 Å². The van der Waals surface area contributed by atoms with Crippen LogP contribution in [0, 0.1) is 13.8 Å². The van der Waals surface area contributed by atoms with Crippen molar-refractivity contribution in [2.24, 2.45) is 0 Å². The monoisotopic (exact) mass is 311 g/mol. The summed E-state index contributed by atoms with van der Waals surface area (Å²) in [5, 5.41) is 0. The van der Waals surface area contributed by atoms with Crippen LogP contribution in [0.5, 0.6) is 0 Å². The average molecular weight is 311 g/mol. The summed E-state index contributed by atoms with van der Waals surface area (Å²) in [4.78, 5) is 7.43. The lowest BCUT2D eigenvalue weighted by Gasteiger charge is -2.36. The van der Waals surface area contributed by atoms with Gasteiger partial charge >= 0.3 is 0 Å². The Labute approximate surface area is 140 Å². The molecule has 1 fully saturated rings. The summed E-state index contributed by atoms with van der Waals surface area (Å²) in [6.45, 7) is 9.00. The highest BCUT2D eigenvalue weighted by Crippen LogP contribution is 2.31. The topological polar surface area (TPSA) is 21.1 Å². The van der Waals surface area contributed by atoms with Gasteiger partial charge in [0.1, 0.15) is 5.82 Å². The van der Waals surface area contributed by atoms with E-state index in [0.717, 1.165) is 5.82 Å². The predicted octanol–water partition coefficient (Wildman–Crippen LogP) is 4.82. The second-order valence-electron chi connectivity index (χ2n) is 6.80. The molecule has 2 aromatic rings. The van der Waals surface area contributed by atoms with Crippen LogP contribution in [0.15, 0.2) is 30.5 Å². The van der Waals surface area contributed by atoms with E-state index in [1.54, 1.807) is 0 Å². The van der Waals surface area contributed by atoms with Gasteiger partial charge in [0, 0.05) is 23.6 Å². The number of hydrogen-bond donors (Lipinski definition) is 0. The lowest BCUT2D eigenvalue weighted by Crippen LogP contribution is -2.34. The van der Waals surface area contributed by atoms with Crippen molar-refractivity contribution < 1.29 is 0 Å². The van der Waals surface area contributed by atoms with Gasteiger partial charge in [0.15, 0.2) is 0 Å². The summed E-state index contributed by atoms with van der Waals surface area (Å²) in [7, 11) is 0. The zero-order chi connectivity index (χ0) is 16.2. The van der Waals surface area contributed by atoms with Gasteiger partial charge in [-0.3, -0.25) is 4.90 Å². The molecule has 1 aliphatic rings. The first kappa shape index (κ1) is 16.3. The Morgan fingerprint density at radius 3 is 2.52 bits per heavy atom. The molecular formula is C20H29N3. The van der Waals surface area contributed by atoms with E-state index in [2.05, 4.69) is 60.7 Å². The molecule has 3 heterocycles. The lowest BCUT2D eigenvalue weighted by molar-refractivity contribution is 0.146. The molecule has 1 atom stereocenters. The van der Waals surface area contributed by atoms with Crippen molar-refractivity contribution in [3.8, 4) is 5.82 Å². The second-order valence-corrected chi connectivity index (χ2v) is 6.80. The van der Waals surface area contributed by atoms with Crippen LogP contribution in [0.1, 0.15) is 62.0 Å². The van der Waals surface area contributed by atoms with Crippen molar-refractivity contribution in [3.05, 3.63) is 47.4 Å². The highest BCUT2D eigenvalue weighted by molar-refractivity contribution is 5.33. The van der Waals surface area contributed by atoms with E-state index in [4.69, 9.17) is 4.98 Å². The molecule has 1 unspecified atom stereocenters. The van der Waals surface area contributed by atoms with Gasteiger partial charge in [-0.2, -0.15) is 0 Å². The van der Waals surface area contributed by atoms with E-state index in [1.165, 1.54) is 62.1 Å². The van der Waals surface area contributed by atoms with Gasteiger partial charge in [0.05, 0.1) is 0 Å². The molecule has 0 saturated carbocycles. The molecule has 2 aromatic heterocycles. The van der Waals surface area contributed by atoms with Crippen LogP contribution in [0.3, 0.4) is 0 Å². The summed E-state index contributed by atoms with van der Waals surface area (Å²) in [5.41, 5.74) is 3.86. The maximum atomic E-state index is 4.77. The first-order valence-electron chi connectivity index (χ1n) is 9.06. The molecule has 0 bridgehead atoms. The standard InChI is InChI=1S/C20H29N3/c1-4-5-13-22-14-7-6-8-19(22)18-11-12-20(21-15-18)23-16(2)9-10-17(23)3/h9-12,15,19H,4-8,13-14H2,1-3H3. The minimum absolute atomic E-state index is 0.559. The molecular weight excluding hydrogens is 282 g/mol. The minimum Gasteiger partial charge on any atom is -0.303 e. The Balaban J connectivity index is 1.80. The van der Waals surface area contributed by atoms with E-state index >= 15 is 0 Å². The summed E-state index contributed by atoms with van der Waals surface area (Å²) in [5.74, 6) is 1.03. The molecule has 3 nitrogen and oxygen atoms in total. The van der Waals surface area contributed by atoms with Crippen molar-refractivity contribution >= 4 is 0 Å². The number of piperidine rings is 1. The average Bonchev–Trinajstić information content (AvgIpc) is 2.92. The minimum atomic E-state index is 0.559.